The van der Waals surface area contributed by atoms with E-state index in [-0.39, 0.29) is 24.3 Å². The average molecular weight is 403 g/mol. The zero-order chi connectivity index (χ0) is 21.0. The number of amides is 1. The summed E-state index contributed by atoms with van der Waals surface area (Å²) in [7, 11) is 4.13. The van der Waals surface area contributed by atoms with Gasteiger partial charge in [-0.05, 0) is 24.3 Å². The summed E-state index contributed by atoms with van der Waals surface area (Å²) >= 11 is 0. The molecule has 7 nitrogen and oxygen atoms in total. The summed E-state index contributed by atoms with van der Waals surface area (Å²) < 4.78 is 35.1. The van der Waals surface area contributed by atoms with Crippen molar-refractivity contribution in [1.82, 2.24) is 4.90 Å². The largest absolute Gasteiger partial charge is 0.496 e. The highest BCUT2D eigenvalue weighted by molar-refractivity contribution is 6.01. The van der Waals surface area contributed by atoms with Crippen molar-refractivity contribution in [3.05, 3.63) is 53.8 Å². The first-order valence-corrected chi connectivity index (χ1v) is 9.01. The van der Waals surface area contributed by atoms with E-state index in [1.54, 1.807) is 30.3 Å². The average Bonchev–Trinajstić information content (AvgIpc) is 3.17. The number of likely N-dealkylation sites (tertiary alicyclic amines) is 1. The maximum absolute atomic E-state index is 14.0. The number of carbonyl (C=O) groups excluding carboxylic acids is 2. The molecule has 1 saturated heterocycles. The highest BCUT2D eigenvalue weighted by Gasteiger charge is 2.43. The van der Waals surface area contributed by atoms with Crippen LogP contribution in [0.4, 0.5) is 4.39 Å². The van der Waals surface area contributed by atoms with Gasteiger partial charge in [0, 0.05) is 6.42 Å². The topological polar surface area (TPSA) is 74.3 Å². The van der Waals surface area contributed by atoms with Crippen LogP contribution in [0.2, 0.25) is 0 Å². The summed E-state index contributed by atoms with van der Waals surface area (Å²) in [5, 5.41) is 0. The first kappa shape index (κ1) is 20.4. The summed E-state index contributed by atoms with van der Waals surface area (Å²) in [6, 6.07) is 10.1. The van der Waals surface area contributed by atoms with Crippen LogP contribution in [-0.4, -0.2) is 56.8 Å². The van der Waals surface area contributed by atoms with Crippen molar-refractivity contribution >= 4 is 11.9 Å². The molecule has 3 rings (SSSR count). The molecular weight excluding hydrogens is 381 g/mol. The van der Waals surface area contributed by atoms with Crippen LogP contribution in [-0.2, 0) is 9.53 Å². The van der Waals surface area contributed by atoms with Crippen LogP contribution < -0.4 is 14.2 Å². The lowest BCUT2D eigenvalue weighted by molar-refractivity contribution is -0.145. The number of halogens is 1. The molecule has 0 radical (unpaired) electrons. The molecule has 0 spiro atoms. The summed E-state index contributed by atoms with van der Waals surface area (Å²) in [5.74, 6) is -0.863. The minimum atomic E-state index is -0.876. The van der Waals surface area contributed by atoms with Crippen molar-refractivity contribution in [3.63, 3.8) is 0 Å². The van der Waals surface area contributed by atoms with E-state index in [0.29, 0.717) is 11.5 Å². The van der Waals surface area contributed by atoms with Crippen LogP contribution in [0, 0.1) is 5.82 Å². The van der Waals surface area contributed by atoms with Gasteiger partial charge in [-0.1, -0.05) is 18.2 Å². The fraction of sp³-hybridized carbons (Fsp3) is 0.333. The number of hydrogen-bond acceptors (Lipinski definition) is 6. The zero-order valence-corrected chi connectivity index (χ0v) is 16.4. The van der Waals surface area contributed by atoms with E-state index in [2.05, 4.69) is 0 Å². The molecule has 2 unspecified atom stereocenters. The molecule has 1 amide bonds. The quantitative estimate of drug-likeness (QED) is 0.691. The lowest BCUT2D eigenvalue weighted by Crippen LogP contribution is -2.41. The van der Waals surface area contributed by atoms with E-state index in [1.165, 1.54) is 38.4 Å². The number of rotatable bonds is 6. The molecule has 2 aromatic rings. The second-order valence-corrected chi connectivity index (χ2v) is 6.44. The fourth-order valence-corrected chi connectivity index (χ4v) is 3.39. The fourth-order valence-electron chi connectivity index (χ4n) is 3.39. The van der Waals surface area contributed by atoms with Gasteiger partial charge in [-0.15, -0.1) is 0 Å². The van der Waals surface area contributed by atoms with Gasteiger partial charge in [0.1, 0.15) is 29.2 Å². The highest BCUT2D eigenvalue weighted by atomic mass is 19.1. The van der Waals surface area contributed by atoms with Crippen LogP contribution in [0.25, 0.3) is 0 Å². The first-order valence-electron chi connectivity index (χ1n) is 9.01. The van der Waals surface area contributed by atoms with Crippen molar-refractivity contribution in [1.29, 1.82) is 0 Å². The second-order valence-electron chi connectivity index (χ2n) is 6.44. The molecular formula is C21H22FNO6. The van der Waals surface area contributed by atoms with Crippen molar-refractivity contribution in [2.75, 3.05) is 27.9 Å². The van der Waals surface area contributed by atoms with Gasteiger partial charge >= 0.3 is 5.97 Å². The number of benzene rings is 2. The number of methoxy groups -OCH3 is 3. The van der Waals surface area contributed by atoms with Gasteiger partial charge in [0.15, 0.2) is 11.6 Å². The molecule has 0 N–H and O–H groups in total. The van der Waals surface area contributed by atoms with Gasteiger partial charge in [0.05, 0.1) is 27.9 Å². The molecule has 2 atom stereocenters. The molecule has 0 saturated carbocycles. The summed E-state index contributed by atoms with van der Waals surface area (Å²) in [6.07, 6.45) is -0.412. The Bertz CT molecular complexity index is 880. The van der Waals surface area contributed by atoms with Crippen molar-refractivity contribution in [2.24, 2.45) is 0 Å². The van der Waals surface area contributed by atoms with Gasteiger partial charge in [0.25, 0.3) is 5.91 Å². The Morgan fingerprint density at radius 3 is 2.17 bits per heavy atom. The highest BCUT2D eigenvalue weighted by Crippen LogP contribution is 2.33. The Morgan fingerprint density at radius 2 is 1.59 bits per heavy atom. The molecule has 0 bridgehead atoms. The predicted molar refractivity (Wildman–Crippen MR) is 102 cm³/mol. The van der Waals surface area contributed by atoms with E-state index in [0.717, 1.165) is 0 Å². The van der Waals surface area contributed by atoms with Gasteiger partial charge in [-0.2, -0.15) is 0 Å². The standard InChI is InChI=1S/C21H22FNO6/c1-26-17-9-6-10-18(27-2)19(17)20(24)23-12-13(11-15(23)21(25)28-3)29-16-8-5-4-7-14(16)22/h4-10,13,15H,11-12H2,1-3H3. The molecule has 8 heteroatoms. The Kier molecular flexibility index (Phi) is 6.21. The van der Waals surface area contributed by atoms with Gasteiger partial charge in [-0.25, -0.2) is 9.18 Å². The number of esters is 1. The number of hydrogen-bond donors (Lipinski definition) is 0. The minimum Gasteiger partial charge on any atom is -0.496 e. The van der Waals surface area contributed by atoms with Crippen LogP contribution in [0.5, 0.6) is 17.2 Å². The zero-order valence-electron chi connectivity index (χ0n) is 16.4. The van der Waals surface area contributed by atoms with E-state index in [1.807, 2.05) is 0 Å². The second kappa shape index (κ2) is 8.81. The van der Waals surface area contributed by atoms with Crippen LogP contribution in [0.1, 0.15) is 16.8 Å². The Balaban J connectivity index is 1.91. The third-order valence-corrected chi connectivity index (χ3v) is 4.77. The molecule has 29 heavy (non-hydrogen) atoms. The van der Waals surface area contributed by atoms with Gasteiger partial charge < -0.3 is 23.8 Å². The van der Waals surface area contributed by atoms with Crippen molar-refractivity contribution in [3.8, 4) is 17.2 Å². The number of ether oxygens (including phenoxy) is 4. The molecule has 154 valence electrons. The molecule has 1 heterocycles. The maximum Gasteiger partial charge on any atom is 0.328 e. The number of carbonyl (C=O) groups is 2. The third-order valence-electron chi connectivity index (χ3n) is 4.77. The van der Waals surface area contributed by atoms with Crippen molar-refractivity contribution in [2.45, 2.75) is 18.6 Å². The summed E-state index contributed by atoms with van der Waals surface area (Å²) in [6.45, 7) is 0.0775. The van der Waals surface area contributed by atoms with Gasteiger partial charge in [-0.3, -0.25) is 4.79 Å². The molecule has 1 aliphatic heterocycles. The third kappa shape index (κ3) is 4.11. The monoisotopic (exact) mass is 403 g/mol. The minimum absolute atomic E-state index is 0.0605. The van der Waals surface area contributed by atoms with Crippen LogP contribution in [0.15, 0.2) is 42.5 Å². The lowest BCUT2D eigenvalue weighted by atomic mass is 10.1. The van der Waals surface area contributed by atoms with E-state index in [4.69, 9.17) is 18.9 Å². The smallest absolute Gasteiger partial charge is 0.328 e. The van der Waals surface area contributed by atoms with Crippen molar-refractivity contribution < 1.29 is 32.9 Å². The molecule has 1 aliphatic rings. The maximum atomic E-state index is 14.0. The van der Waals surface area contributed by atoms with Crippen LogP contribution in [0.3, 0.4) is 0 Å². The predicted octanol–water partition coefficient (Wildman–Crippen LogP) is 2.68. The number of para-hydroxylation sites is 1. The first-order chi connectivity index (χ1) is 14.0. The SMILES string of the molecule is COC(=O)C1CC(Oc2ccccc2F)CN1C(=O)c1c(OC)cccc1OC. The Labute approximate surface area is 167 Å². The molecule has 0 aliphatic carbocycles. The molecule has 1 fully saturated rings. The summed E-state index contributed by atoms with van der Waals surface area (Å²) in [4.78, 5) is 27.0. The Hall–Kier alpha value is -3.29. The normalized spacial score (nSPS) is 18.3. The summed E-state index contributed by atoms with van der Waals surface area (Å²) in [5.41, 5.74) is 0.193. The lowest BCUT2D eigenvalue weighted by Gasteiger charge is -2.24. The Morgan fingerprint density at radius 1 is 0.966 bits per heavy atom. The molecule has 0 aromatic heterocycles. The van der Waals surface area contributed by atoms with Gasteiger partial charge in [0.2, 0.25) is 0 Å². The molecule has 2 aromatic carbocycles. The van der Waals surface area contributed by atoms with Crippen LogP contribution >= 0.6 is 0 Å². The van der Waals surface area contributed by atoms with E-state index < -0.39 is 29.8 Å². The van der Waals surface area contributed by atoms with E-state index in [9.17, 15) is 14.0 Å². The number of nitrogens with zero attached hydrogens (tertiary/aromatic N) is 1. The van der Waals surface area contributed by atoms with E-state index >= 15 is 0 Å².